The van der Waals surface area contributed by atoms with Crippen molar-refractivity contribution in [2.24, 2.45) is 5.10 Å². The van der Waals surface area contributed by atoms with E-state index < -0.39 is 10.8 Å². The molecule has 0 saturated heterocycles. The van der Waals surface area contributed by atoms with Gasteiger partial charge in [-0.05, 0) is 31.4 Å². The van der Waals surface area contributed by atoms with Crippen molar-refractivity contribution in [2.75, 3.05) is 0 Å². The number of thiophene rings is 1. The average molecular weight is 377 g/mol. The van der Waals surface area contributed by atoms with Gasteiger partial charge in [-0.1, -0.05) is 15.8 Å². The van der Waals surface area contributed by atoms with Crippen LogP contribution >= 0.6 is 22.9 Å². The first-order valence-corrected chi connectivity index (χ1v) is 8.48. The highest BCUT2D eigenvalue weighted by Gasteiger charge is 2.22. The summed E-state index contributed by atoms with van der Waals surface area (Å²) in [6.45, 7) is 3.51. The zero-order chi connectivity index (χ0) is 18.0. The Kier molecular flexibility index (Phi) is 4.63. The molecule has 10 nitrogen and oxygen atoms in total. The second-order valence-electron chi connectivity index (χ2n) is 4.89. The molecule has 3 heterocycles. The first kappa shape index (κ1) is 16.9. The number of aromatic nitrogens is 4. The highest BCUT2D eigenvalue weighted by atomic mass is 32.1. The van der Waals surface area contributed by atoms with E-state index in [0.29, 0.717) is 32.4 Å². The maximum absolute atomic E-state index is 12.4. The summed E-state index contributed by atoms with van der Waals surface area (Å²) in [5, 5.41) is 25.3. The van der Waals surface area contributed by atoms with Crippen molar-refractivity contribution in [1.29, 1.82) is 0 Å². The van der Waals surface area contributed by atoms with E-state index in [2.05, 4.69) is 30.3 Å². The SMILES string of the molecule is Cc1nnsc1-c1n[nH]c(C)c1C(=O)N/N=C/c1ccc([N+](=O)[O-])s1. The molecule has 128 valence electrons. The molecule has 0 spiro atoms. The van der Waals surface area contributed by atoms with E-state index in [1.807, 2.05) is 0 Å². The van der Waals surface area contributed by atoms with Crippen LogP contribution in [0.25, 0.3) is 10.6 Å². The number of rotatable bonds is 5. The average Bonchev–Trinajstić information content (AvgIpc) is 3.27. The predicted octanol–water partition coefficient (Wildman–Crippen LogP) is 2.28. The summed E-state index contributed by atoms with van der Waals surface area (Å²) in [6, 6.07) is 2.94. The van der Waals surface area contributed by atoms with E-state index in [1.54, 1.807) is 19.9 Å². The highest BCUT2D eigenvalue weighted by molar-refractivity contribution is 7.16. The zero-order valence-electron chi connectivity index (χ0n) is 13.0. The normalized spacial score (nSPS) is 11.1. The Morgan fingerprint density at radius 1 is 1.44 bits per heavy atom. The molecular weight excluding hydrogens is 366 g/mol. The molecule has 2 N–H and O–H groups in total. The molecule has 0 aliphatic carbocycles. The van der Waals surface area contributed by atoms with Gasteiger partial charge in [-0.3, -0.25) is 20.0 Å². The van der Waals surface area contributed by atoms with E-state index in [0.717, 1.165) is 22.9 Å². The highest BCUT2D eigenvalue weighted by Crippen LogP contribution is 2.28. The molecule has 25 heavy (non-hydrogen) atoms. The third kappa shape index (κ3) is 3.44. The van der Waals surface area contributed by atoms with Gasteiger partial charge in [0.1, 0.15) is 5.69 Å². The minimum atomic E-state index is -0.479. The van der Waals surface area contributed by atoms with Crippen LogP contribution in [0.1, 0.15) is 26.6 Å². The molecular formula is C13H11N7O3S2. The summed E-state index contributed by atoms with van der Waals surface area (Å²) in [4.78, 5) is 23.9. The number of carbonyl (C=O) groups is 1. The van der Waals surface area contributed by atoms with Crippen molar-refractivity contribution < 1.29 is 9.72 Å². The lowest BCUT2D eigenvalue weighted by molar-refractivity contribution is -0.380. The third-order valence-corrected chi connectivity index (χ3v) is 5.00. The Labute approximate surface area is 148 Å². The summed E-state index contributed by atoms with van der Waals surface area (Å²) in [5.74, 6) is -0.448. The molecule has 0 saturated carbocycles. The number of H-pyrrole nitrogens is 1. The van der Waals surface area contributed by atoms with E-state index in [4.69, 9.17) is 0 Å². The number of nitrogens with one attached hydrogen (secondary N) is 2. The molecule has 0 bridgehead atoms. The Hall–Kier alpha value is -2.99. The Morgan fingerprint density at radius 3 is 2.88 bits per heavy atom. The van der Waals surface area contributed by atoms with E-state index in [-0.39, 0.29) is 5.00 Å². The zero-order valence-corrected chi connectivity index (χ0v) is 14.6. The smallest absolute Gasteiger partial charge is 0.281 e. The second kappa shape index (κ2) is 6.86. The largest absolute Gasteiger partial charge is 0.324 e. The lowest BCUT2D eigenvalue weighted by atomic mass is 10.1. The van der Waals surface area contributed by atoms with Crippen molar-refractivity contribution in [3.05, 3.63) is 44.1 Å². The molecule has 3 aromatic heterocycles. The van der Waals surface area contributed by atoms with Gasteiger partial charge in [-0.15, -0.1) is 5.10 Å². The summed E-state index contributed by atoms with van der Waals surface area (Å²) in [6.07, 6.45) is 1.35. The van der Waals surface area contributed by atoms with Gasteiger partial charge in [0.15, 0.2) is 0 Å². The first-order chi connectivity index (χ1) is 12.0. The van der Waals surface area contributed by atoms with Crippen molar-refractivity contribution in [3.63, 3.8) is 0 Å². The molecule has 0 fully saturated rings. The number of carbonyl (C=O) groups excluding carboxylic acids is 1. The van der Waals surface area contributed by atoms with Crippen LogP contribution in [0, 0.1) is 24.0 Å². The molecule has 0 aliphatic rings. The molecule has 1 amide bonds. The van der Waals surface area contributed by atoms with Crippen LogP contribution in [0.5, 0.6) is 0 Å². The number of hydrazone groups is 1. The summed E-state index contributed by atoms with van der Waals surface area (Å²) >= 11 is 2.11. The van der Waals surface area contributed by atoms with E-state index in [1.165, 1.54) is 12.3 Å². The number of hydrogen-bond acceptors (Lipinski definition) is 9. The second-order valence-corrected chi connectivity index (χ2v) is 6.74. The Balaban J connectivity index is 1.78. The van der Waals surface area contributed by atoms with Crippen LogP contribution in [0.15, 0.2) is 17.2 Å². The molecule has 3 aromatic rings. The molecule has 3 rings (SSSR count). The fraction of sp³-hybridized carbons (Fsp3) is 0.154. The Bertz CT molecular complexity index is 972. The van der Waals surface area contributed by atoms with Gasteiger partial charge < -0.3 is 0 Å². The fourth-order valence-electron chi connectivity index (χ4n) is 2.04. The summed E-state index contributed by atoms with van der Waals surface area (Å²) in [5.41, 5.74) is 4.48. The minimum absolute atomic E-state index is 0.00825. The lowest BCUT2D eigenvalue weighted by Gasteiger charge is -2.01. The van der Waals surface area contributed by atoms with Gasteiger partial charge in [-0.2, -0.15) is 10.2 Å². The van der Waals surface area contributed by atoms with Crippen LogP contribution in [0.2, 0.25) is 0 Å². The van der Waals surface area contributed by atoms with Gasteiger partial charge in [-0.25, -0.2) is 5.43 Å². The molecule has 0 radical (unpaired) electrons. The van der Waals surface area contributed by atoms with Crippen LogP contribution in [-0.2, 0) is 0 Å². The van der Waals surface area contributed by atoms with Gasteiger partial charge in [0, 0.05) is 11.8 Å². The van der Waals surface area contributed by atoms with Gasteiger partial charge >= 0.3 is 5.00 Å². The maximum Gasteiger partial charge on any atom is 0.324 e. The van der Waals surface area contributed by atoms with Crippen LogP contribution in [0.4, 0.5) is 5.00 Å². The standard InChI is InChI=1S/C13H11N7O3S2/c1-6-10(11(17-15-6)12-7(2)16-19-25-12)13(21)18-14-5-8-3-4-9(24-8)20(22)23/h3-5H,1-2H3,(H,15,17)(H,18,21)/b14-5+. The molecule has 12 heteroatoms. The monoisotopic (exact) mass is 377 g/mol. The molecule has 0 atom stereocenters. The number of aryl methyl sites for hydroxylation is 2. The topological polar surface area (TPSA) is 139 Å². The predicted molar refractivity (Wildman–Crippen MR) is 93.0 cm³/mol. The van der Waals surface area contributed by atoms with Crippen molar-refractivity contribution in [3.8, 4) is 10.6 Å². The third-order valence-electron chi connectivity index (χ3n) is 3.19. The van der Waals surface area contributed by atoms with Crippen LogP contribution in [0.3, 0.4) is 0 Å². The number of nitrogens with zero attached hydrogens (tertiary/aromatic N) is 5. The molecule has 0 aliphatic heterocycles. The fourth-order valence-corrected chi connectivity index (χ4v) is 3.39. The van der Waals surface area contributed by atoms with Crippen LogP contribution < -0.4 is 5.43 Å². The van der Waals surface area contributed by atoms with Gasteiger partial charge in [0.2, 0.25) is 0 Å². The van der Waals surface area contributed by atoms with E-state index in [9.17, 15) is 14.9 Å². The number of nitro groups is 1. The number of hydrogen-bond donors (Lipinski definition) is 2. The summed E-state index contributed by atoms with van der Waals surface area (Å²) in [7, 11) is 0. The Morgan fingerprint density at radius 2 is 2.24 bits per heavy atom. The lowest BCUT2D eigenvalue weighted by Crippen LogP contribution is -2.18. The molecule has 0 aromatic carbocycles. The van der Waals surface area contributed by atoms with Crippen molar-refractivity contribution in [2.45, 2.75) is 13.8 Å². The first-order valence-electron chi connectivity index (χ1n) is 6.89. The van der Waals surface area contributed by atoms with Crippen molar-refractivity contribution in [1.82, 2.24) is 25.2 Å². The summed E-state index contributed by atoms with van der Waals surface area (Å²) < 4.78 is 3.85. The number of amides is 1. The van der Waals surface area contributed by atoms with Gasteiger partial charge in [0.25, 0.3) is 5.91 Å². The number of aromatic amines is 1. The minimum Gasteiger partial charge on any atom is -0.281 e. The van der Waals surface area contributed by atoms with Gasteiger partial charge in [0.05, 0.1) is 32.1 Å². The quantitative estimate of drug-likeness (QED) is 0.397. The molecule has 0 unspecified atom stereocenters. The maximum atomic E-state index is 12.4. The van der Waals surface area contributed by atoms with Crippen LogP contribution in [-0.4, -0.2) is 36.8 Å². The van der Waals surface area contributed by atoms with Crippen molar-refractivity contribution >= 4 is 40.0 Å². The van der Waals surface area contributed by atoms with E-state index >= 15 is 0 Å².